The average molecular weight is 369 g/mol. The van der Waals surface area contributed by atoms with Crippen LogP contribution in [0, 0.1) is 0 Å². The normalized spacial score (nSPS) is 12.2. The van der Waals surface area contributed by atoms with E-state index in [1.807, 2.05) is 31.3 Å². The molecule has 2 nitrogen and oxygen atoms in total. The molecular formula is C17H19BrClNO. The fraction of sp³-hybridized carbons (Fsp3) is 0.294. The van der Waals surface area contributed by atoms with E-state index < -0.39 is 0 Å². The van der Waals surface area contributed by atoms with Crippen molar-refractivity contribution in [3.05, 3.63) is 63.1 Å². The van der Waals surface area contributed by atoms with Crippen molar-refractivity contribution in [2.75, 3.05) is 14.2 Å². The van der Waals surface area contributed by atoms with E-state index in [4.69, 9.17) is 16.3 Å². The van der Waals surface area contributed by atoms with Gasteiger partial charge in [-0.25, -0.2) is 0 Å². The van der Waals surface area contributed by atoms with Crippen molar-refractivity contribution in [1.29, 1.82) is 0 Å². The monoisotopic (exact) mass is 367 g/mol. The third kappa shape index (κ3) is 4.47. The van der Waals surface area contributed by atoms with Crippen LogP contribution in [0.1, 0.15) is 23.6 Å². The minimum atomic E-state index is 0.233. The molecule has 0 aromatic heterocycles. The molecule has 2 aromatic carbocycles. The zero-order chi connectivity index (χ0) is 15.2. The van der Waals surface area contributed by atoms with E-state index in [9.17, 15) is 0 Å². The first-order chi connectivity index (χ1) is 10.1. The maximum atomic E-state index is 6.31. The minimum absolute atomic E-state index is 0.233. The Morgan fingerprint density at radius 3 is 2.52 bits per heavy atom. The van der Waals surface area contributed by atoms with Gasteiger partial charge in [-0.3, -0.25) is 0 Å². The number of methoxy groups -OCH3 is 1. The molecule has 112 valence electrons. The Balaban J connectivity index is 2.06. The predicted octanol–water partition coefficient (Wildman–Crippen LogP) is 5.00. The van der Waals surface area contributed by atoms with Crippen LogP contribution in [0.2, 0.25) is 5.02 Å². The molecule has 0 spiro atoms. The first-order valence-electron chi connectivity index (χ1n) is 6.89. The van der Waals surface area contributed by atoms with Gasteiger partial charge in [0.2, 0.25) is 0 Å². The van der Waals surface area contributed by atoms with Crippen LogP contribution in [0.25, 0.3) is 0 Å². The number of ether oxygens (including phenoxy) is 1. The summed E-state index contributed by atoms with van der Waals surface area (Å²) in [5, 5.41) is 4.15. The molecule has 0 amide bonds. The lowest BCUT2D eigenvalue weighted by Crippen LogP contribution is -2.17. The van der Waals surface area contributed by atoms with E-state index in [1.54, 1.807) is 7.11 Å². The van der Waals surface area contributed by atoms with Gasteiger partial charge in [0.15, 0.2) is 0 Å². The van der Waals surface area contributed by atoms with Crippen LogP contribution in [0.5, 0.6) is 5.75 Å². The van der Waals surface area contributed by atoms with Crippen molar-refractivity contribution in [3.63, 3.8) is 0 Å². The number of nitrogens with one attached hydrogen (secondary N) is 1. The summed E-state index contributed by atoms with van der Waals surface area (Å²) in [7, 11) is 3.65. The Morgan fingerprint density at radius 2 is 1.90 bits per heavy atom. The summed E-state index contributed by atoms with van der Waals surface area (Å²) in [6.45, 7) is 0. The van der Waals surface area contributed by atoms with Crippen molar-refractivity contribution in [2.45, 2.75) is 18.9 Å². The van der Waals surface area contributed by atoms with Crippen LogP contribution in [-0.2, 0) is 6.42 Å². The lowest BCUT2D eigenvalue weighted by atomic mass is 9.99. The van der Waals surface area contributed by atoms with Gasteiger partial charge in [0.1, 0.15) is 5.75 Å². The van der Waals surface area contributed by atoms with Gasteiger partial charge in [0, 0.05) is 15.5 Å². The summed E-state index contributed by atoms with van der Waals surface area (Å²) in [6.07, 6.45) is 1.97. The number of aryl methyl sites for hydroxylation is 1. The molecule has 21 heavy (non-hydrogen) atoms. The third-order valence-corrected chi connectivity index (χ3v) is 4.40. The van der Waals surface area contributed by atoms with E-state index in [0.717, 1.165) is 33.6 Å². The number of halogens is 2. The Labute approximate surface area is 139 Å². The maximum absolute atomic E-state index is 6.31. The van der Waals surface area contributed by atoms with Gasteiger partial charge in [0.25, 0.3) is 0 Å². The quantitative estimate of drug-likeness (QED) is 0.774. The average Bonchev–Trinajstić information content (AvgIpc) is 2.51. The van der Waals surface area contributed by atoms with Crippen LogP contribution < -0.4 is 10.1 Å². The van der Waals surface area contributed by atoms with Crippen LogP contribution in [-0.4, -0.2) is 14.2 Å². The van der Waals surface area contributed by atoms with Gasteiger partial charge in [-0.2, -0.15) is 0 Å². The zero-order valence-corrected chi connectivity index (χ0v) is 14.5. The second-order valence-electron chi connectivity index (χ2n) is 4.89. The van der Waals surface area contributed by atoms with Crippen LogP contribution >= 0.6 is 27.5 Å². The Bertz CT molecular complexity index is 586. The molecule has 1 N–H and O–H groups in total. The van der Waals surface area contributed by atoms with Crippen molar-refractivity contribution >= 4 is 27.5 Å². The van der Waals surface area contributed by atoms with Crippen LogP contribution in [0.4, 0.5) is 0 Å². The summed E-state index contributed by atoms with van der Waals surface area (Å²) < 4.78 is 6.23. The first kappa shape index (κ1) is 16.3. The summed E-state index contributed by atoms with van der Waals surface area (Å²) >= 11 is 9.82. The first-order valence-corrected chi connectivity index (χ1v) is 8.06. The minimum Gasteiger partial charge on any atom is -0.497 e. The summed E-state index contributed by atoms with van der Waals surface area (Å²) in [4.78, 5) is 0. The van der Waals surface area contributed by atoms with Gasteiger partial charge in [-0.15, -0.1) is 0 Å². The Morgan fingerprint density at radius 1 is 1.19 bits per heavy atom. The fourth-order valence-corrected chi connectivity index (χ4v) is 2.97. The van der Waals surface area contributed by atoms with Gasteiger partial charge < -0.3 is 10.1 Å². The molecule has 0 bridgehead atoms. The lowest BCUT2D eigenvalue weighted by Gasteiger charge is -2.18. The molecular weight excluding hydrogens is 350 g/mol. The van der Waals surface area contributed by atoms with Gasteiger partial charge in [-0.1, -0.05) is 39.7 Å². The number of hydrogen-bond acceptors (Lipinski definition) is 2. The summed E-state index contributed by atoms with van der Waals surface area (Å²) in [6, 6.07) is 14.4. The fourth-order valence-electron chi connectivity index (χ4n) is 2.34. The highest BCUT2D eigenvalue weighted by Gasteiger charge is 2.13. The molecule has 2 aromatic rings. The molecule has 0 saturated carbocycles. The Kier molecular flexibility index (Phi) is 6.09. The van der Waals surface area contributed by atoms with E-state index in [-0.39, 0.29) is 6.04 Å². The van der Waals surface area contributed by atoms with Crippen molar-refractivity contribution in [1.82, 2.24) is 5.32 Å². The largest absolute Gasteiger partial charge is 0.497 e. The van der Waals surface area contributed by atoms with E-state index in [0.29, 0.717) is 0 Å². The van der Waals surface area contributed by atoms with Crippen molar-refractivity contribution in [3.8, 4) is 5.75 Å². The molecule has 0 aliphatic rings. The molecule has 0 fully saturated rings. The predicted molar refractivity (Wildman–Crippen MR) is 92.3 cm³/mol. The molecule has 1 unspecified atom stereocenters. The van der Waals surface area contributed by atoms with Gasteiger partial charge >= 0.3 is 0 Å². The van der Waals surface area contributed by atoms with Crippen molar-refractivity contribution < 1.29 is 4.74 Å². The zero-order valence-electron chi connectivity index (χ0n) is 12.2. The summed E-state index contributed by atoms with van der Waals surface area (Å²) in [5.74, 6) is 0.888. The molecule has 2 rings (SSSR count). The third-order valence-electron chi connectivity index (χ3n) is 3.56. The topological polar surface area (TPSA) is 21.3 Å². The smallest absolute Gasteiger partial charge is 0.118 e. The molecule has 0 aliphatic carbocycles. The number of hydrogen-bond donors (Lipinski definition) is 1. The second-order valence-corrected chi connectivity index (χ2v) is 6.22. The SMILES string of the molecule is CNC(CCc1ccc(OC)cc1)c1cc(Br)ccc1Cl. The van der Waals surface area contributed by atoms with E-state index in [2.05, 4.69) is 39.4 Å². The molecule has 0 heterocycles. The standard InChI is InChI=1S/C17H19BrClNO/c1-20-17(15-11-13(18)6-9-16(15)19)10-5-12-3-7-14(21-2)8-4-12/h3-4,6-9,11,17,20H,5,10H2,1-2H3. The molecule has 0 aliphatic heterocycles. The highest BCUT2D eigenvalue weighted by molar-refractivity contribution is 9.10. The highest BCUT2D eigenvalue weighted by atomic mass is 79.9. The van der Waals surface area contributed by atoms with E-state index >= 15 is 0 Å². The molecule has 1 atom stereocenters. The number of benzene rings is 2. The lowest BCUT2D eigenvalue weighted by molar-refractivity contribution is 0.414. The van der Waals surface area contributed by atoms with Crippen molar-refractivity contribution in [2.24, 2.45) is 0 Å². The maximum Gasteiger partial charge on any atom is 0.118 e. The highest BCUT2D eigenvalue weighted by Crippen LogP contribution is 2.29. The number of rotatable bonds is 6. The van der Waals surface area contributed by atoms with E-state index in [1.165, 1.54) is 5.56 Å². The molecule has 4 heteroatoms. The van der Waals surface area contributed by atoms with Gasteiger partial charge in [-0.05, 0) is 61.3 Å². The van der Waals surface area contributed by atoms with Crippen LogP contribution in [0.15, 0.2) is 46.9 Å². The Hall–Kier alpha value is -1.03. The molecule has 0 saturated heterocycles. The second kappa shape index (κ2) is 7.83. The molecule has 0 radical (unpaired) electrons. The van der Waals surface area contributed by atoms with Crippen LogP contribution in [0.3, 0.4) is 0 Å². The summed E-state index contributed by atoms with van der Waals surface area (Å²) in [5.41, 5.74) is 2.42. The van der Waals surface area contributed by atoms with Gasteiger partial charge in [0.05, 0.1) is 7.11 Å².